The lowest BCUT2D eigenvalue weighted by Gasteiger charge is -2.15. The van der Waals surface area contributed by atoms with Gasteiger partial charge in [0.15, 0.2) is 0 Å². The minimum Gasteiger partial charge on any atom is -0.494 e. The Hall–Kier alpha value is -2.56. The number of ether oxygens (including phenoxy) is 1. The van der Waals surface area contributed by atoms with Crippen LogP contribution < -0.4 is 10.5 Å². The van der Waals surface area contributed by atoms with Crippen molar-refractivity contribution in [3.8, 4) is 5.75 Å². The number of methoxy groups -OCH3 is 1. The molecule has 0 bridgehead atoms. The molecular formula is C15H16N4O. The van der Waals surface area contributed by atoms with Gasteiger partial charge in [-0.05, 0) is 31.2 Å². The number of hydrogen-bond donors (Lipinski definition) is 1. The van der Waals surface area contributed by atoms with Crippen LogP contribution in [0.25, 0.3) is 11.0 Å². The summed E-state index contributed by atoms with van der Waals surface area (Å²) in [6.45, 7) is 2.05. The van der Waals surface area contributed by atoms with Gasteiger partial charge in [0.2, 0.25) is 5.95 Å². The molecule has 0 saturated carbocycles. The van der Waals surface area contributed by atoms with Crippen LogP contribution in [-0.4, -0.2) is 21.6 Å². The number of pyridine rings is 1. The summed E-state index contributed by atoms with van der Waals surface area (Å²) in [6, 6.07) is 11.7. The van der Waals surface area contributed by atoms with E-state index in [4.69, 9.17) is 10.5 Å². The van der Waals surface area contributed by atoms with E-state index in [9.17, 15) is 0 Å². The monoisotopic (exact) mass is 268 g/mol. The third-order valence-corrected chi connectivity index (χ3v) is 3.43. The summed E-state index contributed by atoms with van der Waals surface area (Å²) in [6.07, 6.45) is 1.78. The van der Waals surface area contributed by atoms with Crippen molar-refractivity contribution in [1.82, 2.24) is 14.5 Å². The Morgan fingerprint density at radius 3 is 2.75 bits per heavy atom. The molecule has 1 unspecified atom stereocenters. The number of para-hydroxylation sites is 1. The molecule has 1 atom stereocenters. The summed E-state index contributed by atoms with van der Waals surface area (Å²) in [5.41, 5.74) is 8.75. The second kappa shape index (κ2) is 4.85. The van der Waals surface area contributed by atoms with E-state index in [1.165, 1.54) is 0 Å². The van der Waals surface area contributed by atoms with Crippen molar-refractivity contribution in [3.05, 3.63) is 48.3 Å². The highest BCUT2D eigenvalue weighted by molar-refractivity contribution is 5.84. The van der Waals surface area contributed by atoms with Gasteiger partial charge in [0, 0.05) is 6.20 Å². The van der Waals surface area contributed by atoms with Gasteiger partial charge in [-0.25, -0.2) is 4.98 Å². The third kappa shape index (κ3) is 1.87. The second-order valence-corrected chi connectivity index (χ2v) is 4.60. The zero-order chi connectivity index (χ0) is 14.1. The Bertz CT molecular complexity index is 736. The first kappa shape index (κ1) is 12.5. The first-order chi connectivity index (χ1) is 9.72. The van der Waals surface area contributed by atoms with E-state index in [2.05, 4.69) is 16.9 Å². The van der Waals surface area contributed by atoms with E-state index in [0.29, 0.717) is 5.95 Å². The molecule has 0 saturated heterocycles. The molecule has 0 fully saturated rings. The molecule has 5 nitrogen and oxygen atoms in total. The number of aromatic nitrogens is 3. The summed E-state index contributed by atoms with van der Waals surface area (Å²) in [7, 11) is 1.63. The van der Waals surface area contributed by atoms with E-state index in [1.54, 1.807) is 13.3 Å². The molecule has 0 radical (unpaired) electrons. The number of imidazole rings is 1. The Morgan fingerprint density at radius 2 is 2.05 bits per heavy atom. The average Bonchev–Trinajstić information content (AvgIpc) is 2.83. The molecule has 1 aromatic carbocycles. The normalized spacial score (nSPS) is 12.5. The topological polar surface area (TPSA) is 66.0 Å². The molecule has 0 amide bonds. The van der Waals surface area contributed by atoms with Gasteiger partial charge in [-0.1, -0.05) is 12.1 Å². The number of nitrogens with two attached hydrogens (primary N) is 1. The minimum atomic E-state index is 0.00769. The van der Waals surface area contributed by atoms with Crippen LogP contribution in [0, 0.1) is 0 Å². The molecule has 3 aromatic rings. The quantitative estimate of drug-likeness (QED) is 0.793. The van der Waals surface area contributed by atoms with Gasteiger partial charge in [0.1, 0.15) is 11.3 Å². The molecule has 0 aliphatic carbocycles. The van der Waals surface area contributed by atoms with E-state index in [-0.39, 0.29) is 6.04 Å². The van der Waals surface area contributed by atoms with Crippen LogP contribution in [0.4, 0.5) is 5.95 Å². The highest BCUT2D eigenvalue weighted by Crippen LogP contribution is 2.31. The molecule has 20 heavy (non-hydrogen) atoms. The van der Waals surface area contributed by atoms with Crippen LogP contribution in [0.15, 0.2) is 42.6 Å². The predicted octanol–water partition coefficient (Wildman–Crippen LogP) is 2.63. The molecule has 0 aliphatic heterocycles. The Kier molecular flexibility index (Phi) is 3.02. The Balaban J connectivity index is 2.19. The fourth-order valence-corrected chi connectivity index (χ4v) is 2.44. The van der Waals surface area contributed by atoms with E-state index < -0.39 is 0 Å². The summed E-state index contributed by atoms with van der Waals surface area (Å²) in [4.78, 5) is 8.81. The molecule has 3 rings (SSSR count). The molecule has 0 aliphatic rings. The SMILES string of the molecule is COc1cccc2c1nc(N)n2C(C)c1ccccn1. The van der Waals surface area contributed by atoms with Crippen molar-refractivity contribution in [2.45, 2.75) is 13.0 Å². The predicted molar refractivity (Wildman–Crippen MR) is 78.7 cm³/mol. The first-order valence-corrected chi connectivity index (χ1v) is 6.43. The summed E-state index contributed by atoms with van der Waals surface area (Å²) >= 11 is 0. The standard InChI is InChI=1S/C15H16N4O/c1-10(11-6-3-4-9-17-11)19-12-7-5-8-13(20-2)14(12)18-15(19)16/h3-10H,1-2H3,(H2,16,18). The maximum Gasteiger partial charge on any atom is 0.201 e. The van der Waals surface area contributed by atoms with Gasteiger partial charge in [0.25, 0.3) is 0 Å². The van der Waals surface area contributed by atoms with Gasteiger partial charge >= 0.3 is 0 Å². The Morgan fingerprint density at radius 1 is 1.20 bits per heavy atom. The minimum absolute atomic E-state index is 0.00769. The first-order valence-electron chi connectivity index (χ1n) is 6.43. The van der Waals surface area contributed by atoms with Crippen LogP contribution >= 0.6 is 0 Å². The third-order valence-electron chi connectivity index (χ3n) is 3.43. The molecule has 0 spiro atoms. The molecule has 102 valence electrons. The summed E-state index contributed by atoms with van der Waals surface area (Å²) in [5.74, 6) is 1.18. The van der Waals surface area contributed by atoms with Crippen molar-refractivity contribution < 1.29 is 4.74 Å². The van der Waals surface area contributed by atoms with Crippen LogP contribution in [0.5, 0.6) is 5.75 Å². The molecule has 5 heteroatoms. The van der Waals surface area contributed by atoms with Crippen LogP contribution in [-0.2, 0) is 0 Å². The lowest BCUT2D eigenvalue weighted by molar-refractivity contribution is 0.419. The van der Waals surface area contributed by atoms with E-state index >= 15 is 0 Å². The fourth-order valence-electron chi connectivity index (χ4n) is 2.44. The molecule has 2 heterocycles. The highest BCUT2D eigenvalue weighted by atomic mass is 16.5. The number of benzene rings is 1. The lowest BCUT2D eigenvalue weighted by Crippen LogP contribution is -2.11. The van der Waals surface area contributed by atoms with Gasteiger partial charge in [0.05, 0.1) is 24.4 Å². The van der Waals surface area contributed by atoms with Crippen molar-refractivity contribution >= 4 is 17.0 Å². The number of rotatable bonds is 3. The van der Waals surface area contributed by atoms with Gasteiger partial charge in [-0.2, -0.15) is 0 Å². The van der Waals surface area contributed by atoms with Gasteiger partial charge < -0.3 is 15.0 Å². The van der Waals surface area contributed by atoms with Crippen molar-refractivity contribution in [3.63, 3.8) is 0 Å². The largest absolute Gasteiger partial charge is 0.494 e. The average molecular weight is 268 g/mol. The van der Waals surface area contributed by atoms with E-state index in [0.717, 1.165) is 22.5 Å². The zero-order valence-corrected chi connectivity index (χ0v) is 11.4. The van der Waals surface area contributed by atoms with Crippen molar-refractivity contribution in [2.24, 2.45) is 0 Å². The fraction of sp³-hybridized carbons (Fsp3) is 0.200. The maximum atomic E-state index is 6.08. The van der Waals surface area contributed by atoms with Gasteiger partial charge in [-0.3, -0.25) is 4.98 Å². The number of anilines is 1. The maximum absolute atomic E-state index is 6.08. The summed E-state index contributed by atoms with van der Waals surface area (Å²) < 4.78 is 7.31. The molecule has 2 N–H and O–H groups in total. The van der Waals surface area contributed by atoms with Gasteiger partial charge in [-0.15, -0.1) is 0 Å². The van der Waals surface area contributed by atoms with Crippen LogP contribution in [0.2, 0.25) is 0 Å². The number of hydrogen-bond acceptors (Lipinski definition) is 4. The zero-order valence-electron chi connectivity index (χ0n) is 11.4. The number of nitrogen functional groups attached to an aromatic ring is 1. The van der Waals surface area contributed by atoms with Crippen LogP contribution in [0.3, 0.4) is 0 Å². The second-order valence-electron chi connectivity index (χ2n) is 4.60. The van der Waals surface area contributed by atoms with Crippen molar-refractivity contribution in [1.29, 1.82) is 0 Å². The van der Waals surface area contributed by atoms with E-state index in [1.807, 2.05) is 41.0 Å². The lowest BCUT2D eigenvalue weighted by atomic mass is 10.2. The van der Waals surface area contributed by atoms with Crippen LogP contribution in [0.1, 0.15) is 18.7 Å². The number of fused-ring (bicyclic) bond motifs is 1. The number of nitrogens with zero attached hydrogens (tertiary/aromatic N) is 3. The summed E-state index contributed by atoms with van der Waals surface area (Å²) in [5, 5.41) is 0. The Labute approximate surface area is 117 Å². The highest BCUT2D eigenvalue weighted by Gasteiger charge is 2.18. The smallest absolute Gasteiger partial charge is 0.201 e. The van der Waals surface area contributed by atoms with Crippen molar-refractivity contribution in [2.75, 3.05) is 12.8 Å². The molecular weight excluding hydrogens is 252 g/mol. The molecule has 2 aromatic heterocycles.